The van der Waals surface area contributed by atoms with E-state index in [1.165, 1.54) is 0 Å². The summed E-state index contributed by atoms with van der Waals surface area (Å²) in [5, 5.41) is 8.68. The SMILES string of the molecule is Cc1nnn(-c2cccc(Cl)c2)c1CN. The second kappa shape index (κ2) is 4.00. The lowest BCUT2D eigenvalue weighted by Gasteiger charge is -2.04. The molecular formula is C10H11ClN4. The molecule has 5 heteroatoms. The molecular weight excluding hydrogens is 212 g/mol. The van der Waals surface area contributed by atoms with Crippen molar-refractivity contribution < 1.29 is 0 Å². The Bertz CT molecular complexity index is 478. The topological polar surface area (TPSA) is 56.7 Å². The van der Waals surface area contributed by atoms with E-state index in [4.69, 9.17) is 17.3 Å². The molecule has 4 nitrogen and oxygen atoms in total. The van der Waals surface area contributed by atoms with Gasteiger partial charge in [-0.3, -0.25) is 0 Å². The first-order valence-corrected chi connectivity index (χ1v) is 4.97. The Balaban J connectivity index is 2.54. The maximum absolute atomic E-state index is 5.90. The summed E-state index contributed by atoms with van der Waals surface area (Å²) in [5.74, 6) is 0. The largest absolute Gasteiger partial charge is 0.325 e. The molecule has 0 saturated heterocycles. The van der Waals surface area contributed by atoms with E-state index in [0.29, 0.717) is 11.6 Å². The van der Waals surface area contributed by atoms with Crippen LogP contribution in [0.3, 0.4) is 0 Å². The van der Waals surface area contributed by atoms with E-state index in [-0.39, 0.29) is 0 Å². The number of benzene rings is 1. The third-order valence-corrected chi connectivity index (χ3v) is 2.44. The van der Waals surface area contributed by atoms with Crippen LogP contribution in [0, 0.1) is 6.92 Å². The van der Waals surface area contributed by atoms with Crippen LogP contribution in [0.15, 0.2) is 24.3 Å². The fraction of sp³-hybridized carbons (Fsp3) is 0.200. The van der Waals surface area contributed by atoms with Crippen LogP contribution in [0.1, 0.15) is 11.4 Å². The molecule has 0 fully saturated rings. The summed E-state index contributed by atoms with van der Waals surface area (Å²) in [7, 11) is 0. The molecule has 1 heterocycles. The van der Waals surface area contributed by atoms with E-state index in [1.54, 1.807) is 4.68 Å². The summed E-state index contributed by atoms with van der Waals surface area (Å²) in [6.07, 6.45) is 0. The van der Waals surface area contributed by atoms with Gasteiger partial charge in [0.05, 0.1) is 17.1 Å². The van der Waals surface area contributed by atoms with Crippen molar-refractivity contribution in [2.24, 2.45) is 5.73 Å². The molecule has 0 radical (unpaired) electrons. The number of aryl methyl sites for hydroxylation is 1. The average Bonchev–Trinajstić information content (AvgIpc) is 2.59. The number of halogens is 1. The van der Waals surface area contributed by atoms with E-state index in [9.17, 15) is 0 Å². The van der Waals surface area contributed by atoms with Crippen LogP contribution in [0.25, 0.3) is 5.69 Å². The zero-order valence-electron chi connectivity index (χ0n) is 8.31. The highest BCUT2D eigenvalue weighted by Crippen LogP contribution is 2.16. The van der Waals surface area contributed by atoms with Gasteiger partial charge in [-0.2, -0.15) is 0 Å². The smallest absolute Gasteiger partial charge is 0.0846 e. The maximum Gasteiger partial charge on any atom is 0.0846 e. The maximum atomic E-state index is 5.90. The number of aromatic nitrogens is 3. The van der Waals surface area contributed by atoms with Gasteiger partial charge < -0.3 is 5.73 Å². The van der Waals surface area contributed by atoms with E-state index in [2.05, 4.69) is 10.3 Å². The lowest BCUT2D eigenvalue weighted by atomic mass is 10.3. The minimum absolute atomic E-state index is 0.408. The van der Waals surface area contributed by atoms with Crippen LogP contribution in [0.5, 0.6) is 0 Å². The van der Waals surface area contributed by atoms with Crippen molar-refractivity contribution in [1.82, 2.24) is 15.0 Å². The number of hydrogen-bond donors (Lipinski definition) is 1. The van der Waals surface area contributed by atoms with Gasteiger partial charge in [0.15, 0.2) is 0 Å². The predicted octanol–water partition coefficient (Wildman–Crippen LogP) is 1.69. The van der Waals surface area contributed by atoms with Gasteiger partial charge in [-0.1, -0.05) is 22.9 Å². The Morgan fingerprint density at radius 3 is 2.93 bits per heavy atom. The molecule has 15 heavy (non-hydrogen) atoms. The van der Waals surface area contributed by atoms with Crippen molar-refractivity contribution >= 4 is 11.6 Å². The van der Waals surface area contributed by atoms with Gasteiger partial charge in [0.25, 0.3) is 0 Å². The third-order valence-electron chi connectivity index (χ3n) is 2.20. The number of nitrogens with zero attached hydrogens (tertiary/aromatic N) is 3. The Hall–Kier alpha value is -1.39. The standard InChI is InChI=1S/C10H11ClN4/c1-7-10(6-12)15(14-13-7)9-4-2-3-8(11)5-9/h2-5H,6,12H2,1H3. The monoisotopic (exact) mass is 222 g/mol. The van der Waals surface area contributed by atoms with Gasteiger partial charge in [0, 0.05) is 11.6 Å². The highest BCUT2D eigenvalue weighted by molar-refractivity contribution is 6.30. The minimum Gasteiger partial charge on any atom is -0.325 e. The molecule has 1 aromatic heterocycles. The summed E-state index contributed by atoms with van der Waals surface area (Å²) >= 11 is 5.90. The Morgan fingerprint density at radius 1 is 1.47 bits per heavy atom. The second-order valence-corrected chi connectivity index (χ2v) is 3.65. The van der Waals surface area contributed by atoms with Gasteiger partial charge in [0.1, 0.15) is 0 Å². The number of nitrogens with two attached hydrogens (primary N) is 1. The molecule has 0 aliphatic carbocycles. The molecule has 2 N–H and O–H groups in total. The van der Waals surface area contributed by atoms with Crippen molar-refractivity contribution in [3.05, 3.63) is 40.7 Å². The van der Waals surface area contributed by atoms with Crippen molar-refractivity contribution in [2.45, 2.75) is 13.5 Å². The zero-order chi connectivity index (χ0) is 10.8. The van der Waals surface area contributed by atoms with Gasteiger partial charge in [0.2, 0.25) is 0 Å². The van der Waals surface area contributed by atoms with E-state index in [1.807, 2.05) is 31.2 Å². The van der Waals surface area contributed by atoms with E-state index >= 15 is 0 Å². The van der Waals surface area contributed by atoms with Gasteiger partial charge in [-0.25, -0.2) is 4.68 Å². The summed E-state index contributed by atoms with van der Waals surface area (Å²) in [5.41, 5.74) is 8.26. The van der Waals surface area contributed by atoms with Gasteiger partial charge in [-0.05, 0) is 25.1 Å². The molecule has 0 aliphatic heterocycles. The van der Waals surface area contributed by atoms with Crippen molar-refractivity contribution in [3.8, 4) is 5.69 Å². The van der Waals surface area contributed by atoms with Crippen LogP contribution in [-0.4, -0.2) is 15.0 Å². The highest BCUT2D eigenvalue weighted by Gasteiger charge is 2.08. The lowest BCUT2D eigenvalue weighted by molar-refractivity contribution is 0.761. The molecule has 0 atom stereocenters. The minimum atomic E-state index is 0.408. The van der Waals surface area contributed by atoms with Crippen molar-refractivity contribution in [2.75, 3.05) is 0 Å². The summed E-state index contributed by atoms with van der Waals surface area (Å²) in [6, 6.07) is 7.43. The van der Waals surface area contributed by atoms with Gasteiger partial charge in [-0.15, -0.1) is 5.10 Å². The van der Waals surface area contributed by atoms with Gasteiger partial charge >= 0.3 is 0 Å². The molecule has 1 aromatic carbocycles. The molecule has 2 rings (SSSR count). The van der Waals surface area contributed by atoms with Crippen LogP contribution in [0.2, 0.25) is 5.02 Å². The second-order valence-electron chi connectivity index (χ2n) is 3.22. The van der Waals surface area contributed by atoms with E-state index in [0.717, 1.165) is 17.1 Å². The summed E-state index contributed by atoms with van der Waals surface area (Å²) < 4.78 is 1.71. The third kappa shape index (κ3) is 1.86. The average molecular weight is 223 g/mol. The highest BCUT2D eigenvalue weighted by atomic mass is 35.5. The summed E-state index contributed by atoms with van der Waals surface area (Å²) in [6.45, 7) is 2.29. The predicted molar refractivity (Wildman–Crippen MR) is 59.0 cm³/mol. The summed E-state index contributed by atoms with van der Waals surface area (Å²) in [4.78, 5) is 0. The fourth-order valence-electron chi connectivity index (χ4n) is 1.43. The van der Waals surface area contributed by atoms with Crippen molar-refractivity contribution in [3.63, 3.8) is 0 Å². The zero-order valence-corrected chi connectivity index (χ0v) is 9.07. The molecule has 0 unspecified atom stereocenters. The molecule has 0 saturated carbocycles. The number of hydrogen-bond acceptors (Lipinski definition) is 3. The first kappa shape index (κ1) is 10.1. The molecule has 78 valence electrons. The fourth-order valence-corrected chi connectivity index (χ4v) is 1.61. The normalized spacial score (nSPS) is 10.6. The Kier molecular flexibility index (Phi) is 2.70. The van der Waals surface area contributed by atoms with Crippen LogP contribution in [0.4, 0.5) is 0 Å². The van der Waals surface area contributed by atoms with Crippen molar-refractivity contribution in [1.29, 1.82) is 0 Å². The molecule has 0 aliphatic rings. The molecule has 0 bridgehead atoms. The first-order valence-electron chi connectivity index (χ1n) is 4.59. The molecule has 0 spiro atoms. The van der Waals surface area contributed by atoms with Crippen LogP contribution >= 0.6 is 11.6 Å². The molecule has 2 aromatic rings. The Morgan fingerprint density at radius 2 is 2.27 bits per heavy atom. The van der Waals surface area contributed by atoms with Crippen LogP contribution in [-0.2, 0) is 6.54 Å². The Labute approximate surface area is 92.7 Å². The van der Waals surface area contributed by atoms with Crippen LogP contribution < -0.4 is 5.73 Å². The van der Waals surface area contributed by atoms with E-state index < -0.39 is 0 Å². The number of rotatable bonds is 2. The first-order chi connectivity index (χ1) is 7.22. The quantitative estimate of drug-likeness (QED) is 0.841. The molecule has 0 amide bonds. The lowest BCUT2D eigenvalue weighted by Crippen LogP contribution is -2.07.